The lowest BCUT2D eigenvalue weighted by Gasteiger charge is -2.38. The van der Waals surface area contributed by atoms with E-state index in [2.05, 4.69) is 0 Å². The van der Waals surface area contributed by atoms with Crippen LogP contribution in [0.2, 0.25) is 0 Å². The molecule has 1 amide bonds. The summed E-state index contributed by atoms with van der Waals surface area (Å²) in [6, 6.07) is 5.98. The predicted molar refractivity (Wildman–Crippen MR) is 133 cm³/mol. The number of carbonyl (C=O) groups excluding carboxylic acids is 3. The molecule has 0 saturated heterocycles. The molecule has 0 aromatic heterocycles. The minimum atomic E-state index is -1.31. The van der Waals surface area contributed by atoms with E-state index in [1.54, 1.807) is 66.7 Å². The van der Waals surface area contributed by atoms with Gasteiger partial charge in [-0.15, -0.1) is 0 Å². The number of nitrogens with two attached hydrogens (primary N) is 1. The minimum absolute atomic E-state index is 0.104. The smallest absolute Gasteiger partial charge is 0.336 e. The normalized spacial score (nSPS) is 17.7. The highest BCUT2D eigenvalue weighted by Gasteiger charge is 2.43. The maximum Gasteiger partial charge on any atom is 0.336 e. The van der Waals surface area contributed by atoms with E-state index < -0.39 is 39.7 Å². The first kappa shape index (κ1) is 28.7. The number of hydrogen-bond donors (Lipinski definition) is 1. The molecule has 1 aromatic carbocycles. The topological polar surface area (TPSA) is 142 Å². The predicted octanol–water partition coefficient (Wildman–Crippen LogP) is 3.96. The Morgan fingerprint density at radius 2 is 1.81 bits per heavy atom. The third-order valence-corrected chi connectivity index (χ3v) is 5.86. The number of hydrogen-bond acceptors (Lipinski definition) is 8. The van der Waals surface area contributed by atoms with Gasteiger partial charge < -0.3 is 15.2 Å². The van der Waals surface area contributed by atoms with Crippen LogP contribution in [-0.4, -0.2) is 46.4 Å². The fourth-order valence-electron chi connectivity index (χ4n) is 4.10. The molecule has 0 spiro atoms. The van der Waals surface area contributed by atoms with Gasteiger partial charge in [-0.05, 0) is 54.0 Å². The molecule has 196 valence electrons. The van der Waals surface area contributed by atoms with Crippen LogP contribution in [0.1, 0.15) is 66.4 Å². The average molecular weight is 502 g/mol. The van der Waals surface area contributed by atoms with Crippen LogP contribution in [0, 0.1) is 15.5 Å². The Morgan fingerprint density at radius 1 is 1.17 bits per heavy atom. The molecule has 2 rings (SSSR count). The second-order valence-electron chi connectivity index (χ2n) is 10.0. The third-order valence-electron chi connectivity index (χ3n) is 5.86. The molecule has 0 fully saturated rings. The van der Waals surface area contributed by atoms with Gasteiger partial charge in [0.1, 0.15) is 5.60 Å². The lowest BCUT2D eigenvalue weighted by atomic mass is 9.82. The van der Waals surface area contributed by atoms with E-state index >= 15 is 0 Å². The fraction of sp³-hybridized carbons (Fsp3) is 0.500. The highest BCUT2D eigenvalue weighted by molar-refractivity contribution is 5.96. The van der Waals surface area contributed by atoms with Crippen LogP contribution < -0.4 is 5.73 Å². The third kappa shape index (κ3) is 6.37. The molecule has 10 nitrogen and oxygen atoms in total. The van der Waals surface area contributed by atoms with E-state index in [0.717, 1.165) is 0 Å². The summed E-state index contributed by atoms with van der Waals surface area (Å²) < 4.78 is 10.7. The zero-order chi connectivity index (χ0) is 27.4. The van der Waals surface area contributed by atoms with Crippen LogP contribution in [-0.2, 0) is 23.9 Å². The number of ether oxygens (including phenoxy) is 2. The first-order chi connectivity index (χ1) is 16.6. The molecule has 2 N–H and O–H groups in total. The Hall–Kier alpha value is -3.53. The minimum Gasteiger partial charge on any atom is -0.463 e. The fourth-order valence-corrected chi connectivity index (χ4v) is 4.10. The molecule has 0 aliphatic carbocycles. The summed E-state index contributed by atoms with van der Waals surface area (Å²) in [5.74, 6) is -2.36. The molecule has 1 aliphatic heterocycles. The van der Waals surface area contributed by atoms with Crippen molar-refractivity contribution in [2.24, 2.45) is 11.1 Å². The second kappa shape index (κ2) is 11.0. The summed E-state index contributed by atoms with van der Waals surface area (Å²) >= 11 is 0. The number of nitro groups is 1. The molecule has 2 atom stereocenters. The van der Waals surface area contributed by atoms with Gasteiger partial charge in [-0.25, -0.2) is 4.79 Å². The highest BCUT2D eigenvalue weighted by atomic mass is 16.6. The lowest BCUT2D eigenvalue weighted by molar-refractivity contribution is -0.384. The largest absolute Gasteiger partial charge is 0.463 e. The first-order valence-corrected chi connectivity index (χ1v) is 11.7. The number of non-ortho nitro benzene ring substituents is 1. The molecular weight excluding hydrogens is 466 g/mol. The summed E-state index contributed by atoms with van der Waals surface area (Å²) in [6.07, 6.45) is 1.43. The number of allylic oxidation sites excluding steroid dienone is 3. The Labute approximate surface area is 211 Å². The van der Waals surface area contributed by atoms with Gasteiger partial charge in [-0.1, -0.05) is 18.2 Å². The molecule has 2 unspecified atom stereocenters. The molecular formula is C26H35N3O7. The van der Waals surface area contributed by atoms with Crippen molar-refractivity contribution in [1.82, 2.24) is 4.90 Å². The van der Waals surface area contributed by atoms with Crippen LogP contribution in [0.3, 0.4) is 0 Å². The van der Waals surface area contributed by atoms with Gasteiger partial charge in [0.15, 0.2) is 0 Å². The Balaban J connectivity index is 2.57. The second-order valence-corrected chi connectivity index (χ2v) is 10.0. The van der Waals surface area contributed by atoms with Gasteiger partial charge in [0.2, 0.25) is 5.91 Å². The van der Waals surface area contributed by atoms with E-state index in [1.807, 2.05) is 0 Å². The van der Waals surface area contributed by atoms with E-state index in [-0.39, 0.29) is 30.8 Å². The SMILES string of the molecule is CCOC(=O)C1=C(C)N(C(=O)C(C)(CN)CC(=O)OC(C)(C)C)C(C)=CC1c1cccc([N+](=O)[O-])c1. The quantitative estimate of drug-likeness (QED) is 0.320. The average Bonchev–Trinajstić information content (AvgIpc) is 2.77. The van der Waals surface area contributed by atoms with Crippen LogP contribution in [0.25, 0.3) is 0 Å². The number of benzene rings is 1. The lowest BCUT2D eigenvalue weighted by Crippen LogP contribution is -2.48. The molecule has 0 saturated carbocycles. The maximum absolute atomic E-state index is 13.8. The van der Waals surface area contributed by atoms with Gasteiger partial charge in [0.25, 0.3) is 5.69 Å². The van der Waals surface area contributed by atoms with Gasteiger partial charge in [-0.2, -0.15) is 0 Å². The van der Waals surface area contributed by atoms with Crippen molar-refractivity contribution in [3.63, 3.8) is 0 Å². The molecule has 1 heterocycles. The summed E-state index contributed by atoms with van der Waals surface area (Å²) in [7, 11) is 0. The molecule has 0 bridgehead atoms. The van der Waals surface area contributed by atoms with Crippen LogP contribution in [0.4, 0.5) is 5.69 Å². The van der Waals surface area contributed by atoms with Crippen molar-refractivity contribution >= 4 is 23.5 Å². The van der Waals surface area contributed by atoms with Crippen molar-refractivity contribution in [2.75, 3.05) is 13.2 Å². The molecule has 1 aliphatic rings. The zero-order valence-corrected chi connectivity index (χ0v) is 21.9. The van der Waals surface area contributed by atoms with E-state index in [4.69, 9.17) is 15.2 Å². The summed E-state index contributed by atoms with van der Waals surface area (Å²) in [6.45, 7) is 11.7. The number of esters is 2. The van der Waals surface area contributed by atoms with Crippen molar-refractivity contribution in [3.05, 3.63) is 63.0 Å². The molecule has 1 aromatic rings. The molecule has 0 radical (unpaired) electrons. The number of rotatable bonds is 8. The van der Waals surface area contributed by atoms with Crippen LogP contribution >= 0.6 is 0 Å². The Kier molecular flexibility index (Phi) is 8.79. The van der Waals surface area contributed by atoms with Crippen molar-refractivity contribution < 1.29 is 28.8 Å². The van der Waals surface area contributed by atoms with Crippen molar-refractivity contribution in [2.45, 2.75) is 66.4 Å². The zero-order valence-electron chi connectivity index (χ0n) is 21.9. The molecule has 10 heteroatoms. The van der Waals surface area contributed by atoms with Crippen molar-refractivity contribution in [3.8, 4) is 0 Å². The first-order valence-electron chi connectivity index (χ1n) is 11.7. The number of amides is 1. The van der Waals surface area contributed by atoms with Crippen molar-refractivity contribution in [1.29, 1.82) is 0 Å². The summed E-state index contributed by atoms with van der Waals surface area (Å²) in [5.41, 5.74) is 5.30. The standard InChI is InChI=1S/C26H35N3O7/c1-8-35-23(31)22-17(3)28(24(32)26(7,15-27)14-21(30)36-25(4,5)6)16(2)12-20(22)18-10-9-11-19(13-18)29(33)34/h9-13,20H,8,14-15,27H2,1-7H3. The monoisotopic (exact) mass is 501 g/mol. The number of carbonyl (C=O) groups is 3. The molecule has 36 heavy (non-hydrogen) atoms. The van der Waals surface area contributed by atoms with E-state index in [9.17, 15) is 24.5 Å². The maximum atomic E-state index is 13.8. The van der Waals surface area contributed by atoms with E-state index in [0.29, 0.717) is 17.0 Å². The number of nitrogens with zero attached hydrogens (tertiary/aromatic N) is 2. The van der Waals surface area contributed by atoms with Gasteiger partial charge >= 0.3 is 11.9 Å². The number of nitro benzene ring substituents is 1. The highest BCUT2D eigenvalue weighted by Crippen LogP contribution is 2.40. The van der Waals surface area contributed by atoms with Gasteiger partial charge in [0, 0.05) is 36.0 Å². The Morgan fingerprint density at radius 3 is 2.33 bits per heavy atom. The van der Waals surface area contributed by atoms with Crippen LogP contribution in [0.5, 0.6) is 0 Å². The van der Waals surface area contributed by atoms with Crippen LogP contribution in [0.15, 0.2) is 47.3 Å². The van der Waals surface area contributed by atoms with E-state index in [1.165, 1.54) is 17.0 Å². The Bertz CT molecular complexity index is 1120. The summed E-state index contributed by atoms with van der Waals surface area (Å²) in [4.78, 5) is 51.6. The van der Waals surface area contributed by atoms with Gasteiger partial charge in [0.05, 0.1) is 28.9 Å². The van der Waals surface area contributed by atoms with Gasteiger partial charge in [-0.3, -0.25) is 24.6 Å². The summed E-state index contributed by atoms with van der Waals surface area (Å²) in [5, 5.41) is 11.3.